The Kier molecular flexibility index (Phi) is 2.94. The molecule has 0 saturated carbocycles. The number of nitrogens with two attached hydrogens (primary N) is 1. The van der Waals surface area contributed by atoms with Gasteiger partial charge in [0.05, 0.1) is 5.69 Å². The molecule has 1 fully saturated rings. The van der Waals surface area contributed by atoms with Gasteiger partial charge in [0.1, 0.15) is 11.6 Å². The van der Waals surface area contributed by atoms with E-state index in [2.05, 4.69) is 10.2 Å². The smallest absolute Gasteiger partial charge is 0.151 e. The molecular formula is C13H14F2N4. The van der Waals surface area contributed by atoms with Gasteiger partial charge in [-0.1, -0.05) is 0 Å². The third-order valence-electron chi connectivity index (χ3n) is 3.33. The van der Waals surface area contributed by atoms with Crippen LogP contribution < -0.4 is 10.6 Å². The summed E-state index contributed by atoms with van der Waals surface area (Å²) in [6.07, 6.45) is 0.913. The molecule has 1 aromatic carbocycles. The van der Waals surface area contributed by atoms with Gasteiger partial charge in [0.2, 0.25) is 0 Å². The van der Waals surface area contributed by atoms with Crippen LogP contribution >= 0.6 is 0 Å². The first-order valence-electron chi connectivity index (χ1n) is 6.15. The maximum absolute atomic E-state index is 13.7. The van der Waals surface area contributed by atoms with E-state index in [-0.39, 0.29) is 11.6 Å². The Morgan fingerprint density at radius 2 is 2.16 bits per heavy atom. The van der Waals surface area contributed by atoms with Crippen LogP contribution in [0.4, 0.5) is 14.6 Å². The molecule has 1 aliphatic rings. The Labute approximate surface area is 109 Å². The second-order valence-corrected chi connectivity index (χ2v) is 4.76. The van der Waals surface area contributed by atoms with Crippen LogP contribution in [0.25, 0.3) is 11.3 Å². The Hall–Kier alpha value is -1.95. The highest BCUT2D eigenvalue weighted by molar-refractivity contribution is 5.64. The normalized spacial score (nSPS) is 19.1. The van der Waals surface area contributed by atoms with E-state index < -0.39 is 11.6 Å². The maximum Gasteiger partial charge on any atom is 0.151 e. The topological polar surface area (TPSA) is 57.9 Å². The minimum Gasteiger partial charge on any atom is -0.354 e. The predicted molar refractivity (Wildman–Crippen MR) is 68.7 cm³/mol. The first kappa shape index (κ1) is 12.1. The summed E-state index contributed by atoms with van der Waals surface area (Å²) in [4.78, 5) is 2.03. The van der Waals surface area contributed by atoms with Crippen molar-refractivity contribution in [2.24, 2.45) is 5.73 Å². The molecule has 0 spiro atoms. The van der Waals surface area contributed by atoms with Gasteiger partial charge in [-0.15, -0.1) is 0 Å². The minimum atomic E-state index is -0.477. The van der Waals surface area contributed by atoms with Crippen LogP contribution in [0.15, 0.2) is 24.3 Å². The van der Waals surface area contributed by atoms with E-state index in [9.17, 15) is 8.78 Å². The first-order valence-corrected chi connectivity index (χ1v) is 6.15. The molecule has 1 aliphatic heterocycles. The highest BCUT2D eigenvalue weighted by atomic mass is 19.1. The molecule has 3 N–H and O–H groups in total. The number of benzene rings is 1. The van der Waals surface area contributed by atoms with Crippen molar-refractivity contribution in [1.29, 1.82) is 0 Å². The number of halogens is 2. The molecule has 0 amide bonds. The van der Waals surface area contributed by atoms with Gasteiger partial charge < -0.3 is 10.6 Å². The summed E-state index contributed by atoms with van der Waals surface area (Å²) in [6.45, 7) is 1.56. The summed E-state index contributed by atoms with van der Waals surface area (Å²) in [5.41, 5.74) is 6.48. The molecule has 4 nitrogen and oxygen atoms in total. The molecule has 1 unspecified atom stereocenters. The van der Waals surface area contributed by atoms with E-state index in [1.807, 2.05) is 4.90 Å². The third-order valence-corrected chi connectivity index (χ3v) is 3.33. The van der Waals surface area contributed by atoms with Crippen LogP contribution in [-0.4, -0.2) is 29.3 Å². The van der Waals surface area contributed by atoms with Crippen LogP contribution in [0.3, 0.4) is 0 Å². The number of nitrogens with zero attached hydrogens (tertiary/aromatic N) is 2. The van der Waals surface area contributed by atoms with Crippen molar-refractivity contribution in [3.8, 4) is 11.3 Å². The zero-order chi connectivity index (χ0) is 13.4. The largest absolute Gasteiger partial charge is 0.354 e. The lowest BCUT2D eigenvalue weighted by Crippen LogP contribution is -2.26. The summed E-state index contributed by atoms with van der Waals surface area (Å²) in [7, 11) is 0. The van der Waals surface area contributed by atoms with Crippen LogP contribution in [0.2, 0.25) is 0 Å². The fourth-order valence-corrected chi connectivity index (χ4v) is 2.31. The molecule has 19 heavy (non-hydrogen) atoms. The number of hydrogen-bond acceptors (Lipinski definition) is 3. The van der Waals surface area contributed by atoms with E-state index in [1.165, 1.54) is 0 Å². The van der Waals surface area contributed by atoms with E-state index >= 15 is 0 Å². The van der Waals surface area contributed by atoms with Crippen LogP contribution in [0.5, 0.6) is 0 Å². The van der Waals surface area contributed by atoms with Crippen LogP contribution in [0, 0.1) is 11.6 Å². The van der Waals surface area contributed by atoms with Gasteiger partial charge in [-0.2, -0.15) is 5.10 Å². The lowest BCUT2D eigenvalue weighted by molar-refractivity contribution is 0.602. The Morgan fingerprint density at radius 3 is 2.89 bits per heavy atom. The van der Waals surface area contributed by atoms with Crippen molar-refractivity contribution in [3.63, 3.8) is 0 Å². The quantitative estimate of drug-likeness (QED) is 0.871. The monoisotopic (exact) mass is 264 g/mol. The summed E-state index contributed by atoms with van der Waals surface area (Å²) in [5, 5.41) is 6.88. The number of hydrogen-bond donors (Lipinski definition) is 2. The average Bonchev–Trinajstić information content (AvgIpc) is 3.00. The molecule has 0 aliphatic carbocycles. The first-order chi connectivity index (χ1) is 9.13. The minimum absolute atomic E-state index is 0.144. The van der Waals surface area contributed by atoms with Crippen molar-refractivity contribution in [1.82, 2.24) is 10.2 Å². The molecule has 1 saturated heterocycles. The van der Waals surface area contributed by atoms with Gasteiger partial charge >= 0.3 is 0 Å². The molecule has 0 bridgehead atoms. The van der Waals surface area contributed by atoms with Gasteiger partial charge in [-0.05, 0) is 24.6 Å². The highest BCUT2D eigenvalue weighted by Gasteiger charge is 2.21. The fraction of sp³-hybridized carbons (Fsp3) is 0.308. The van der Waals surface area contributed by atoms with E-state index in [0.717, 1.165) is 37.7 Å². The summed E-state index contributed by atoms with van der Waals surface area (Å²) in [5.74, 6) is -0.239. The zero-order valence-electron chi connectivity index (χ0n) is 10.2. The maximum atomic E-state index is 13.7. The molecule has 1 aromatic heterocycles. The molecule has 100 valence electrons. The summed E-state index contributed by atoms with van der Waals surface area (Å²) in [6, 6.07) is 5.22. The summed E-state index contributed by atoms with van der Waals surface area (Å²) < 4.78 is 26.8. The molecule has 3 rings (SSSR count). The lowest BCUT2D eigenvalue weighted by atomic mass is 10.1. The fourth-order valence-electron chi connectivity index (χ4n) is 2.31. The predicted octanol–water partition coefficient (Wildman–Crippen LogP) is 1.89. The molecule has 6 heteroatoms. The van der Waals surface area contributed by atoms with Crippen LogP contribution in [-0.2, 0) is 0 Å². The van der Waals surface area contributed by atoms with Crippen molar-refractivity contribution in [3.05, 3.63) is 35.9 Å². The van der Waals surface area contributed by atoms with Gasteiger partial charge in [0.15, 0.2) is 5.82 Å². The van der Waals surface area contributed by atoms with Crippen LogP contribution in [0.1, 0.15) is 6.42 Å². The third kappa shape index (κ3) is 2.31. The second-order valence-electron chi connectivity index (χ2n) is 4.76. The molecule has 0 radical (unpaired) electrons. The number of H-pyrrole nitrogens is 1. The SMILES string of the molecule is NC1CCN(c2cc(-c3cc(F)ccc3F)[nH]n2)C1. The van der Waals surface area contributed by atoms with Gasteiger partial charge in [0, 0.05) is 30.8 Å². The molecule has 2 heterocycles. The van der Waals surface area contributed by atoms with Gasteiger partial charge in [-0.25, -0.2) is 8.78 Å². The number of anilines is 1. The number of rotatable bonds is 2. The van der Waals surface area contributed by atoms with Crippen molar-refractivity contribution in [2.75, 3.05) is 18.0 Å². The standard InChI is InChI=1S/C13H14F2N4/c14-8-1-2-11(15)10(5-8)12-6-13(18-17-12)19-4-3-9(16)7-19/h1-2,5-6,9H,3-4,7,16H2,(H,17,18). The van der Waals surface area contributed by atoms with E-state index in [4.69, 9.17) is 5.73 Å². The molecule has 2 aromatic rings. The summed E-state index contributed by atoms with van der Waals surface area (Å²) >= 11 is 0. The van der Waals surface area contributed by atoms with Crippen molar-refractivity contribution in [2.45, 2.75) is 12.5 Å². The van der Waals surface area contributed by atoms with Gasteiger partial charge in [-0.3, -0.25) is 5.10 Å². The second kappa shape index (κ2) is 4.62. The van der Waals surface area contributed by atoms with Gasteiger partial charge in [0.25, 0.3) is 0 Å². The average molecular weight is 264 g/mol. The van der Waals surface area contributed by atoms with E-state index in [0.29, 0.717) is 11.5 Å². The Morgan fingerprint density at radius 1 is 1.32 bits per heavy atom. The molecule has 1 atom stereocenters. The zero-order valence-corrected chi connectivity index (χ0v) is 10.2. The Balaban J connectivity index is 1.90. The number of aromatic amines is 1. The van der Waals surface area contributed by atoms with Crippen molar-refractivity contribution >= 4 is 5.82 Å². The molecular weight excluding hydrogens is 250 g/mol. The van der Waals surface area contributed by atoms with E-state index in [1.54, 1.807) is 6.07 Å². The Bertz CT molecular complexity index is 596. The lowest BCUT2D eigenvalue weighted by Gasteiger charge is -2.13. The number of nitrogens with one attached hydrogen (secondary N) is 1. The number of aromatic nitrogens is 2. The highest BCUT2D eigenvalue weighted by Crippen LogP contribution is 2.26. The van der Waals surface area contributed by atoms with Crippen molar-refractivity contribution < 1.29 is 8.78 Å².